The highest BCUT2D eigenvalue weighted by molar-refractivity contribution is 7.07. The van der Waals surface area contributed by atoms with Crippen LogP contribution in [0.3, 0.4) is 0 Å². The maximum atomic E-state index is 12.6. The van der Waals surface area contributed by atoms with Gasteiger partial charge in [0.05, 0.1) is 32.2 Å². The van der Waals surface area contributed by atoms with Gasteiger partial charge in [-0.1, -0.05) is 35.3 Å². The van der Waals surface area contributed by atoms with Gasteiger partial charge in [-0.3, -0.25) is 9.59 Å². The monoisotopic (exact) mass is 416 g/mol. The lowest BCUT2D eigenvalue weighted by Crippen LogP contribution is -2.13. The van der Waals surface area contributed by atoms with Crippen LogP contribution >= 0.6 is 34.5 Å². The van der Waals surface area contributed by atoms with E-state index in [0.717, 1.165) is 0 Å². The third kappa shape index (κ3) is 3.35. The first kappa shape index (κ1) is 17.7. The van der Waals surface area contributed by atoms with Crippen molar-refractivity contribution < 1.29 is 9.21 Å². The summed E-state index contributed by atoms with van der Waals surface area (Å²) in [4.78, 5) is 28.9. The molecule has 0 saturated heterocycles. The molecule has 27 heavy (non-hydrogen) atoms. The minimum Gasteiger partial charge on any atom is -0.454 e. The van der Waals surface area contributed by atoms with Crippen molar-refractivity contribution in [3.05, 3.63) is 79.3 Å². The van der Waals surface area contributed by atoms with E-state index in [2.05, 4.69) is 10.3 Å². The summed E-state index contributed by atoms with van der Waals surface area (Å²) in [6.07, 6.45) is 0. The number of hydrogen-bond acceptors (Lipinski definition) is 5. The van der Waals surface area contributed by atoms with Crippen LogP contribution in [0.4, 0.5) is 5.69 Å². The molecule has 1 N–H and O–H groups in total. The molecule has 0 aliphatic carbocycles. The minimum absolute atomic E-state index is 0.221. The Morgan fingerprint density at radius 2 is 1.85 bits per heavy atom. The van der Waals surface area contributed by atoms with Gasteiger partial charge in [-0.2, -0.15) is 0 Å². The van der Waals surface area contributed by atoms with Crippen LogP contribution in [0.1, 0.15) is 10.5 Å². The van der Waals surface area contributed by atoms with E-state index < -0.39 is 5.91 Å². The topological polar surface area (TPSA) is 72.2 Å². The Labute approximate surface area is 167 Å². The third-order valence-electron chi connectivity index (χ3n) is 3.88. The maximum absolute atomic E-state index is 12.6. The number of hydrogen-bond donors (Lipinski definition) is 1. The number of aromatic nitrogens is 1. The Bertz CT molecular complexity index is 1200. The molecule has 0 bridgehead atoms. The van der Waals surface area contributed by atoms with Gasteiger partial charge >= 0.3 is 0 Å². The van der Waals surface area contributed by atoms with Crippen LogP contribution in [0.15, 0.2) is 62.6 Å². The molecule has 0 fully saturated rings. The number of carbonyl (C=O) groups excluding carboxylic acids is 1. The SMILES string of the molecule is O=C(Nc1cccc2c(=O)cc(-c3c(Cl)cccc3Cl)oc12)c1cscn1. The van der Waals surface area contributed by atoms with Gasteiger partial charge in [0.25, 0.3) is 5.91 Å². The van der Waals surface area contributed by atoms with E-state index in [1.165, 1.54) is 17.4 Å². The first-order valence-electron chi connectivity index (χ1n) is 7.75. The summed E-state index contributed by atoms with van der Waals surface area (Å²) in [6.45, 7) is 0. The standard InChI is InChI=1S/C19H10Cl2N2O3S/c20-11-4-2-5-12(21)17(11)16-7-15(24)10-3-1-6-13(18(10)26-16)23-19(25)14-8-27-9-22-14/h1-9H,(H,23,25). The van der Waals surface area contributed by atoms with Crippen molar-refractivity contribution in [2.24, 2.45) is 0 Å². The van der Waals surface area contributed by atoms with Gasteiger partial charge in [0.1, 0.15) is 11.5 Å². The number of nitrogens with zero attached hydrogens (tertiary/aromatic N) is 1. The summed E-state index contributed by atoms with van der Waals surface area (Å²) in [5, 5.41) is 5.40. The van der Waals surface area contributed by atoms with Crippen molar-refractivity contribution in [2.45, 2.75) is 0 Å². The van der Waals surface area contributed by atoms with E-state index in [1.807, 2.05) is 0 Å². The van der Waals surface area contributed by atoms with E-state index in [1.54, 1.807) is 47.3 Å². The van der Waals surface area contributed by atoms with E-state index in [0.29, 0.717) is 26.7 Å². The van der Waals surface area contributed by atoms with E-state index in [4.69, 9.17) is 27.6 Å². The molecule has 1 amide bonds. The average molecular weight is 417 g/mol. The third-order valence-corrected chi connectivity index (χ3v) is 5.09. The number of anilines is 1. The molecule has 4 aromatic rings. The lowest BCUT2D eigenvalue weighted by molar-refractivity contribution is 0.102. The minimum atomic E-state index is -0.396. The molecule has 134 valence electrons. The average Bonchev–Trinajstić information content (AvgIpc) is 3.17. The molecule has 0 spiro atoms. The van der Waals surface area contributed by atoms with Gasteiger partial charge in [-0.05, 0) is 24.3 Å². The van der Waals surface area contributed by atoms with E-state index in [-0.39, 0.29) is 22.5 Å². The Hall–Kier alpha value is -2.67. The number of thiazole rings is 1. The Balaban J connectivity index is 1.88. The van der Waals surface area contributed by atoms with Gasteiger partial charge in [-0.25, -0.2) is 4.98 Å². The predicted molar refractivity (Wildman–Crippen MR) is 108 cm³/mol. The highest BCUT2D eigenvalue weighted by atomic mass is 35.5. The van der Waals surface area contributed by atoms with Crippen LogP contribution in [0.5, 0.6) is 0 Å². The summed E-state index contributed by atoms with van der Waals surface area (Å²) in [5.74, 6) is -0.175. The van der Waals surface area contributed by atoms with Crippen LogP contribution in [-0.4, -0.2) is 10.9 Å². The van der Waals surface area contributed by atoms with Gasteiger partial charge < -0.3 is 9.73 Å². The van der Waals surface area contributed by atoms with Gasteiger partial charge in [0.15, 0.2) is 11.0 Å². The smallest absolute Gasteiger partial charge is 0.275 e. The van der Waals surface area contributed by atoms with Crippen LogP contribution in [0, 0.1) is 0 Å². The van der Waals surface area contributed by atoms with Crippen LogP contribution in [0.2, 0.25) is 10.0 Å². The zero-order valence-corrected chi connectivity index (χ0v) is 15.9. The Morgan fingerprint density at radius 3 is 2.56 bits per heavy atom. The Kier molecular flexibility index (Phi) is 4.70. The van der Waals surface area contributed by atoms with Crippen molar-refractivity contribution in [3.63, 3.8) is 0 Å². The fourth-order valence-corrected chi connectivity index (χ4v) is 3.76. The second-order valence-electron chi connectivity index (χ2n) is 5.58. The molecule has 0 atom stereocenters. The lowest BCUT2D eigenvalue weighted by atomic mass is 10.1. The molecule has 0 radical (unpaired) electrons. The van der Waals surface area contributed by atoms with Gasteiger partial charge in [0, 0.05) is 11.4 Å². The quantitative estimate of drug-likeness (QED) is 0.480. The number of fused-ring (bicyclic) bond motifs is 1. The molecule has 5 nitrogen and oxygen atoms in total. The summed E-state index contributed by atoms with van der Waals surface area (Å²) < 4.78 is 5.94. The second kappa shape index (κ2) is 7.15. The first-order valence-corrected chi connectivity index (χ1v) is 9.45. The first-order chi connectivity index (χ1) is 13.0. The number of carbonyl (C=O) groups is 1. The zero-order chi connectivity index (χ0) is 19.0. The lowest BCUT2D eigenvalue weighted by Gasteiger charge is -2.10. The molecule has 0 unspecified atom stereocenters. The van der Waals surface area contributed by atoms with Crippen LogP contribution in [0.25, 0.3) is 22.3 Å². The number of para-hydroxylation sites is 1. The fraction of sp³-hybridized carbons (Fsp3) is 0. The van der Waals surface area contributed by atoms with Crippen molar-refractivity contribution in [1.29, 1.82) is 0 Å². The molecular formula is C19H10Cl2N2O3S. The fourth-order valence-electron chi connectivity index (χ4n) is 2.64. The summed E-state index contributed by atoms with van der Waals surface area (Å²) in [6, 6.07) is 11.3. The van der Waals surface area contributed by atoms with Crippen molar-refractivity contribution in [1.82, 2.24) is 4.98 Å². The molecule has 0 aliphatic rings. The number of benzene rings is 2. The van der Waals surface area contributed by atoms with Crippen molar-refractivity contribution in [3.8, 4) is 11.3 Å². The Morgan fingerprint density at radius 1 is 1.11 bits per heavy atom. The predicted octanol–water partition coefficient (Wildman–Crippen LogP) is 5.48. The normalized spacial score (nSPS) is 10.9. The molecule has 2 heterocycles. The summed E-state index contributed by atoms with van der Waals surface area (Å²) in [5.41, 5.74) is 2.58. The van der Waals surface area contributed by atoms with Crippen LogP contribution in [-0.2, 0) is 0 Å². The molecule has 8 heteroatoms. The number of nitrogens with one attached hydrogen (secondary N) is 1. The highest BCUT2D eigenvalue weighted by Gasteiger charge is 2.17. The largest absolute Gasteiger partial charge is 0.454 e. The number of rotatable bonds is 3. The molecule has 2 aromatic heterocycles. The molecule has 0 aliphatic heterocycles. The zero-order valence-electron chi connectivity index (χ0n) is 13.5. The van der Waals surface area contributed by atoms with Gasteiger partial charge in [0.2, 0.25) is 0 Å². The molecule has 2 aromatic carbocycles. The van der Waals surface area contributed by atoms with Crippen molar-refractivity contribution >= 4 is 57.1 Å². The van der Waals surface area contributed by atoms with Crippen LogP contribution < -0.4 is 10.7 Å². The molecular weight excluding hydrogens is 407 g/mol. The number of halogens is 2. The molecule has 0 saturated carbocycles. The molecule has 4 rings (SSSR count). The summed E-state index contributed by atoms with van der Waals surface area (Å²) in [7, 11) is 0. The van der Waals surface area contributed by atoms with Crippen molar-refractivity contribution in [2.75, 3.05) is 5.32 Å². The van der Waals surface area contributed by atoms with Gasteiger partial charge in [-0.15, -0.1) is 11.3 Å². The number of amides is 1. The van der Waals surface area contributed by atoms with E-state index in [9.17, 15) is 9.59 Å². The summed E-state index contributed by atoms with van der Waals surface area (Å²) >= 11 is 13.8. The highest BCUT2D eigenvalue weighted by Crippen LogP contribution is 2.36. The van der Waals surface area contributed by atoms with E-state index >= 15 is 0 Å². The maximum Gasteiger partial charge on any atom is 0.275 e. The second-order valence-corrected chi connectivity index (χ2v) is 7.11.